The van der Waals surface area contributed by atoms with Crippen LogP contribution in [0.5, 0.6) is 0 Å². The van der Waals surface area contributed by atoms with E-state index in [4.69, 9.17) is 9.26 Å². The highest BCUT2D eigenvalue weighted by atomic mass is 16.5. The van der Waals surface area contributed by atoms with Crippen molar-refractivity contribution in [1.82, 2.24) is 10.1 Å². The van der Waals surface area contributed by atoms with Crippen LogP contribution in [0.1, 0.15) is 46.6 Å². The quantitative estimate of drug-likeness (QED) is 0.791. The van der Waals surface area contributed by atoms with Gasteiger partial charge >= 0.3 is 0 Å². The Bertz CT molecular complexity index is 820. The van der Waals surface area contributed by atoms with Gasteiger partial charge in [-0.1, -0.05) is 11.2 Å². The highest BCUT2D eigenvalue weighted by Gasteiger charge is 2.25. The summed E-state index contributed by atoms with van der Waals surface area (Å²) < 4.78 is 10.7. The van der Waals surface area contributed by atoms with Crippen LogP contribution in [0.3, 0.4) is 0 Å². The fourth-order valence-electron chi connectivity index (χ4n) is 3.45. The maximum Gasteiger partial charge on any atom is 0.276 e. The molecule has 0 aliphatic carbocycles. The minimum atomic E-state index is -0.244. The van der Waals surface area contributed by atoms with E-state index >= 15 is 0 Å². The standard InChI is InChI=1S/C21H27N3O4/c1-14-9-15(2)11-17(10-14)22-20(25)6-7-24(13-18-5-4-8-27-18)21(26)19-12-16(3)28-23-19/h9-12,18H,4-8,13H2,1-3H3,(H,22,25)/t18-/m0/s1. The van der Waals surface area contributed by atoms with E-state index in [-0.39, 0.29) is 30.0 Å². The zero-order valence-corrected chi connectivity index (χ0v) is 16.7. The topological polar surface area (TPSA) is 84.7 Å². The third kappa shape index (κ3) is 5.42. The van der Waals surface area contributed by atoms with Crippen LogP contribution in [0.2, 0.25) is 0 Å². The Kier molecular flexibility index (Phi) is 6.46. The molecule has 2 heterocycles. The van der Waals surface area contributed by atoms with Crippen LogP contribution >= 0.6 is 0 Å². The molecule has 1 aromatic heterocycles. The van der Waals surface area contributed by atoms with Crippen LogP contribution in [0.4, 0.5) is 5.69 Å². The second-order valence-corrected chi connectivity index (χ2v) is 7.38. The van der Waals surface area contributed by atoms with Gasteiger partial charge in [-0.15, -0.1) is 0 Å². The van der Waals surface area contributed by atoms with Crippen molar-refractivity contribution in [3.05, 3.63) is 46.8 Å². The van der Waals surface area contributed by atoms with Crippen molar-refractivity contribution in [3.8, 4) is 0 Å². The van der Waals surface area contributed by atoms with Gasteiger partial charge in [-0.05, 0) is 56.9 Å². The van der Waals surface area contributed by atoms with Crippen molar-refractivity contribution >= 4 is 17.5 Å². The van der Waals surface area contributed by atoms with E-state index in [1.54, 1.807) is 17.9 Å². The monoisotopic (exact) mass is 385 g/mol. The molecule has 0 unspecified atom stereocenters. The number of benzene rings is 1. The first kappa shape index (κ1) is 20.1. The summed E-state index contributed by atoms with van der Waals surface area (Å²) in [6.07, 6.45) is 2.10. The van der Waals surface area contributed by atoms with E-state index in [0.717, 1.165) is 29.7 Å². The molecule has 0 spiro atoms. The SMILES string of the molecule is Cc1cc(C)cc(NC(=O)CCN(C[C@@H]2CCCO2)C(=O)c2cc(C)on2)c1. The van der Waals surface area contributed by atoms with Gasteiger partial charge in [0.05, 0.1) is 6.10 Å². The molecule has 1 fully saturated rings. The summed E-state index contributed by atoms with van der Waals surface area (Å²) in [6, 6.07) is 7.52. The lowest BCUT2D eigenvalue weighted by Gasteiger charge is -2.24. The van der Waals surface area contributed by atoms with E-state index in [0.29, 0.717) is 25.5 Å². The number of nitrogens with one attached hydrogen (secondary N) is 1. The molecule has 28 heavy (non-hydrogen) atoms. The van der Waals surface area contributed by atoms with Crippen molar-refractivity contribution in [2.45, 2.75) is 46.1 Å². The van der Waals surface area contributed by atoms with Crippen LogP contribution in [0.15, 0.2) is 28.8 Å². The molecule has 0 bridgehead atoms. The van der Waals surface area contributed by atoms with Gasteiger partial charge in [0.25, 0.3) is 5.91 Å². The minimum Gasteiger partial charge on any atom is -0.376 e. The van der Waals surface area contributed by atoms with Gasteiger partial charge in [-0.2, -0.15) is 0 Å². The number of hydrogen-bond donors (Lipinski definition) is 1. The van der Waals surface area contributed by atoms with Crippen molar-refractivity contribution in [1.29, 1.82) is 0 Å². The molecule has 1 aliphatic rings. The molecule has 2 aromatic rings. The maximum atomic E-state index is 12.8. The first-order valence-corrected chi connectivity index (χ1v) is 9.63. The van der Waals surface area contributed by atoms with Crippen LogP contribution < -0.4 is 5.32 Å². The Labute approximate surface area is 165 Å². The summed E-state index contributed by atoms with van der Waals surface area (Å²) in [4.78, 5) is 26.9. The zero-order chi connectivity index (χ0) is 20.1. The van der Waals surface area contributed by atoms with Gasteiger partial charge < -0.3 is 19.5 Å². The summed E-state index contributed by atoms with van der Waals surface area (Å²) in [5.74, 6) is 0.200. The number of aryl methyl sites for hydroxylation is 3. The Hall–Kier alpha value is -2.67. The maximum absolute atomic E-state index is 12.8. The van der Waals surface area contributed by atoms with Gasteiger partial charge in [0.2, 0.25) is 5.91 Å². The third-order valence-corrected chi connectivity index (χ3v) is 4.70. The van der Waals surface area contributed by atoms with Crippen molar-refractivity contribution < 1.29 is 18.8 Å². The zero-order valence-electron chi connectivity index (χ0n) is 16.7. The summed E-state index contributed by atoms with van der Waals surface area (Å²) in [7, 11) is 0. The fourth-order valence-corrected chi connectivity index (χ4v) is 3.45. The number of anilines is 1. The number of hydrogen-bond acceptors (Lipinski definition) is 5. The van der Waals surface area contributed by atoms with E-state index in [9.17, 15) is 9.59 Å². The van der Waals surface area contributed by atoms with E-state index in [1.165, 1.54) is 0 Å². The molecule has 1 aliphatic heterocycles. The number of aromatic nitrogens is 1. The van der Waals surface area contributed by atoms with E-state index in [1.807, 2.05) is 26.0 Å². The molecule has 7 heteroatoms. The summed E-state index contributed by atoms with van der Waals surface area (Å²) >= 11 is 0. The Morgan fingerprint density at radius 2 is 1.93 bits per heavy atom. The molecule has 150 valence electrons. The Balaban J connectivity index is 1.62. The molecule has 7 nitrogen and oxygen atoms in total. The number of amides is 2. The van der Waals surface area contributed by atoms with Gasteiger partial charge in [0.15, 0.2) is 5.69 Å². The molecule has 1 atom stereocenters. The fraction of sp³-hybridized carbons (Fsp3) is 0.476. The highest BCUT2D eigenvalue weighted by molar-refractivity contribution is 5.94. The predicted octanol–water partition coefficient (Wildman–Crippen LogP) is 3.25. The van der Waals surface area contributed by atoms with Gasteiger partial charge in [-0.3, -0.25) is 9.59 Å². The van der Waals surface area contributed by atoms with Crippen molar-refractivity contribution in [2.24, 2.45) is 0 Å². The lowest BCUT2D eigenvalue weighted by atomic mass is 10.1. The minimum absolute atomic E-state index is 0.000526. The average molecular weight is 385 g/mol. The summed E-state index contributed by atoms with van der Waals surface area (Å²) in [5.41, 5.74) is 3.20. The number of ether oxygens (including phenoxy) is 1. The molecule has 2 amide bonds. The molecule has 1 saturated heterocycles. The number of rotatable bonds is 7. The van der Waals surface area contributed by atoms with Crippen molar-refractivity contribution in [3.63, 3.8) is 0 Å². The number of carbonyl (C=O) groups is 2. The first-order chi connectivity index (χ1) is 13.4. The van der Waals surface area contributed by atoms with Crippen LogP contribution in [0.25, 0.3) is 0 Å². The number of nitrogens with zero attached hydrogens (tertiary/aromatic N) is 2. The molecular weight excluding hydrogens is 358 g/mol. The predicted molar refractivity (Wildman–Crippen MR) is 105 cm³/mol. The second-order valence-electron chi connectivity index (χ2n) is 7.38. The molecule has 1 aromatic carbocycles. The summed E-state index contributed by atoms with van der Waals surface area (Å²) in [6.45, 7) is 7.17. The third-order valence-electron chi connectivity index (χ3n) is 4.70. The van der Waals surface area contributed by atoms with Gasteiger partial charge in [-0.25, -0.2) is 0 Å². The molecular formula is C21H27N3O4. The average Bonchev–Trinajstić information content (AvgIpc) is 3.28. The van der Waals surface area contributed by atoms with Crippen LogP contribution in [-0.2, 0) is 9.53 Å². The lowest BCUT2D eigenvalue weighted by molar-refractivity contribution is -0.116. The largest absolute Gasteiger partial charge is 0.376 e. The van der Waals surface area contributed by atoms with Crippen molar-refractivity contribution in [2.75, 3.05) is 25.0 Å². The molecule has 1 N–H and O–H groups in total. The second kappa shape index (κ2) is 9.01. The smallest absolute Gasteiger partial charge is 0.276 e. The summed E-state index contributed by atoms with van der Waals surface area (Å²) in [5, 5.41) is 6.73. The normalized spacial score (nSPS) is 16.2. The van der Waals surface area contributed by atoms with E-state index < -0.39 is 0 Å². The molecule has 0 radical (unpaired) electrons. The first-order valence-electron chi connectivity index (χ1n) is 9.63. The molecule has 0 saturated carbocycles. The molecule has 3 rings (SSSR count). The van der Waals surface area contributed by atoms with Crippen LogP contribution in [-0.4, -0.2) is 47.7 Å². The van der Waals surface area contributed by atoms with Crippen LogP contribution in [0, 0.1) is 20.8 Å². The van der Waals surface area contributed by atoms with E-state index in [2.05, 4.69) is 16.5 Å². The van der Waals surface area contributed by atoms with Gasteiger partial charge in [0.1, 0.15) is 5.76 Å². The Morgan fingerprint density at radius 3 is 2.54 bits per heavy atom. The highest BCUT2D eigenvalue weighted by Crippen LogP contribution is 2.17. The number of carbonyl (C=O) groups excluding carboxylic acids is 2. The lowest BCUT2D eigenvalue weighted by Crippen LogP contribution is -2.39. The van der Waals surface area contributed by atoms with Gasteiger partial charge in [0, 0.05) is 37.9 Å². The Morgan fingerprint density at radius 1 is 1.18 bits per heavy atom.